The van der Waals surface area contributed by atoms with Crippen LogP contribution < -0.4 is 5.73 Å². The van der Waals surface area contributed by atoms with Crippen molar-refractivity contribution in [1.29, 1.82) is 0 Å². The van der Waals surface area contributed by atoms with Gasteiger partial charge in [0.2, 0.25) is 5.91 Å². The van der Waals surface area contributed by atoms with Gasteiger partial charge in [-0.3, -0.25) is 4.79 Å². The van der Waals surface area contributed by atoms with Gasteiger partial charge in [0.25, 0.3) is 0 Å². The Labute approximate surface area is 87.5 Å². The molecule has 0 fully saturated rings. The van der Waals surface area contributed by atoms with E-state index in [1.54, 1.807) is 31.2 Å². The zero-order valence-electron chi connectivity index (χ0n) is 7.77. The van der Waals surface area contributed by atoms with Crippen molar-refractivity contribution in [2.75, 3.05) is 0 Å². The fourth-order valence-electron chi connectivity index (χ4n) is 1.14. The third-order valence-corrected chi connectivity index (χ3v) is 2.49. The van der Waals surface area contributed by atoms with Crippen LogP contribution in [-0.4, -0.2) is 11.0 Å². The summed E-state index contributed by atoms with van der Waals surface area (Å²) in [6.07, 6.45) is -0.943. The Morgan fingerprint density at radius 3 is 2.57 bits per heavy atom. The lowest BCUT2D eigenvalue weighted by atomic mass is 9.97. The molecule has 1 aromatic carbocycles. The van der Waals surface area contributed by atoms with Gasteiger partial charge in [-0.25, -0.2) is 0 Å². The molecule has 4 heteroatoms. The molecule has 0 aromatic heterocycles. The maximum absolute atomic E-state index is 10.8. The molecule has 2 unspecified atom stereocenters. The predicted molar refractivity (Wildman–Crippen MR) is 54.8 cm³/mol. The second-order valence-corrected chi connectivity index (χ2v) is 3.56. The number of nitrogens with two attached hydrogens (primary N) is 1. The molecule has 1 aromatic rings. The Balaban J connectivity index is 2.94. The van der Waals surface area contributed by atoms with Gasteiger partial charge in [0.05, 0.1) is 12.0 Å². The molecule has 0 bridgehead atoms. The first kappa shape index (κ1) is 11.0. The quantitative estimate of drug-likeness (QED) is 0.799. The van der Waals surface area contributed by atoms with E-state index in [0.717, 1.165) is 0 Å². The average Bonchev–Trinajstić information content (AvgIpc) is 2.16. The number of carbonyl (C=O) groups excluding carboxylic acids is 1. The maximum Gasteiger partial charge on any atom is 0.223 e. The number of carbonyl (C=O) groups is 1. The first-order chi connectivity index (χ1) is 6.54. The van der Waals surface area contributed by atoms with Gasteiger partial charge in [-0.2, -0.15) is 0 Å². The van der Waals surface area contributed by atoms with Gasteiger partial charge >= 0.3 is 0 Å². The molecule has 1 amide bonds. The van der Waals surface area contributed by atoms with Crippen LogP contribution in [0.2, 0.25) is 5.02 Å². The fraction of sp³-hybridized carbons (Fsp3) is 0.300. The van der Waals surface area contributed by atoms with Crippen molar-refractivity contribution in [3.8, 4) is 0 Å². The van der Waals surface area contributed by atoms with Crippen LogP contribution in [0.4, 0.5) is 0 Å². The summed E-state index contributed by atoms with van der Waals surface area (Å²) in [5, 5.41) is 10.2. The molecule has 0 spiro atoms. The molecule has 14 heavy (non-hydrogen) atoms. The first-order valence-electron chi connectivity index (χ1n) is 4.26. The van der Waals surface area contributed by atoms with Gasteiger partial charge in [0.1, 0.15) is 0 Å². The highest BCUT2D eigenvalue weighted by Crippen LogP contribution is 2.27. The molecule has 0 heterocycles. The van der Waals surface area contributed by atoms with Crippen molar-refractivity contribution in [3.05, 3.63) is 34.9 Å². The minimum absolute atomic E-state index is 0.438. The summed E-state index contributed by atoms with van der Waals surface area (Å²) in [7, 11) is 0. The predicted octanol–water partition coefficient (Wildman–Crippen LogP) is 1.49. The van der Waals surface area contributed by atoms with Crippen molar-refractivity contribution in [1.82, 2.24) is 0 Å². The summed E-state index contributed by atoms with van der Waals surface area (Å²) >= 11 is 5.86. The summed E-state index contributed by atoms with van der Waals surface area (Å²) in [4.78, 5) is 10.8. The second kappa shape index (κ2) is 4.44. The summed E-state index contributed by atoms with van der Waals surface area (Å²) in [5.74, 6) is -1.19. The summed E-state index contributed by atoms with van der Waals surface area (Å²) in [5.41, 5.74) is 5.61. The van der Waals surface area contributed by atoms with E-state index in [1.165, 1.54) is 0 Å². The lowest BCUT2D eigenvalue weighted by Crippen LogP contribution is -2.26. The molecule has 1 rings (SSSR count). The van der Waals surface area contributed by atoms with Crippen LogP contribution in [0.5, 0.6) is 0 Å². The Morgan fingerprint density at radius 2 is 2.07 bits per heavy atom. The van der Waals surface area contributed by atoms with E-state index in [4.69, 9.17) is 17.3 Å². The smallest absolute Gasteiger partial charge is 0.223 e. The third-order valence-electron chi connectivity index (χ3n) is 2.15. The Morgan fingerprint density at radius 1 is 1.50 bits per heavy atom. The number of rotatable bonds is 3. The first-order valence-corrected chi connectivity index (χ1v) is 4.63. The molecule has 2 atom stereocenters. The summed E-state index contributed by atoms with van der Waals surface area (Å²) in [6.45, 7) is 1.57. The summed E-state index contributed by atoms with van der Waals surface area (Å²) < 4.78 is 0. The fourth-order valence-corrected chi connectivity index (χ4v) is 1.39. The van der Waals surface area contributed by atoms with Crippen molar-refractivity contribution < 1.29 is 9.90 Å². The topological polar surface area (TPSA) is 63.3 Å². The molecule has 0 saturated carbocycles. The molecular weight excluding hydrogens is 202 g/mol. The lowest BCUT2D eigenvalue weighted by molar-refractivity contribution is -0.124. The number of benzene rings is 1. The van der Waals surface area contributed by atoms with Gasteiger partial charge in [0.15, 0.2) is 0 Å². The maximum atomic E-state index is 10.8. The number of halogens is 1. The van der Waals surface area contributed by atoms with Crippen LogP contribution in [0.1, 0.15) is 18.6 Å². The van der Waals surface area contributed by atoms with Crippen LogP contribution in [0.15, 0.2) is 24.3 Å². The largest absolute Gasteiger partial charge is 0.388 e. The zero-order chi connectivity index (χ0) is 10.7. The Kier molecular flexibility index (Phi) is 3.49. The minimum atomic E-state index is -0.943. The monoisotopic (exact) mass is 213 g/mol. The Bertz CT molecular complexity index is 341. The molecule has 0 radical (unpaired) electrons. The number of hydrogen-bond acceptors (Lipinski definition) is 2. The molecule has 3 nitrogen and oxygen atoms in total. The van der Waals surface area contributed by atoms with Crippen molar-refractivity contribution in [3.63, 3.8) is 0 Å². The van der Waals surface area contributed by atoms with Gasteiger partial charge in [-0.15, -0.1) is 0 Å². The molecule has 0 aliphatic carbocycles. The molecule has 3 N–H and O–H groups in total. The molecular formula is C10H12ClNO2. The minimum Gasteiger partial charge on any atom is -0.388 e. The second-order valence-electron chi connectivity index (χ2n) is 3.16. The zero-order valence-corrected chi connectivity index (χ0v) is 8.53. The van der Waals surface area contributed by atoms with Gasteiger partial charge in [0, 0.05) is 5.02 Å². The van der Waals surface area contributed by atoms with E-state index in [9.17, 15) is 9.90 Å². The van der Waals surface area contributed by atoms with E-state index in [-0.39, 0.29) is 0 Å². The van der Waals surface area contributed by atoms with Gasteiger partial charge in [-0.1, -0.05) is 36.7 Å². The Hall–Kier alpha value is -1.06. The SMILES string of the molecule is CC(C(N)=O)C(O)c1ccccc1Cl. The summed E-state index contributed by atoms with van der Waals surface area (Å²) in [6, 6.07) is 6.84. The van der Waals surface area contributed by atoms with Crippen molar-refractivity contribution in [2.45, 2.75) is 13.0 Å². The van der Waals surface area contributed by atoms with Crippen LogP contribution in [-0.2, 0) is 4.79 Å². The number of aliphatic hydroxyl groups excluding tert-OH is 1. The highest BCUT2D eigenvalue weighted by atomic mass is 35.5. The average molecular weight is 214 g/mol. The van der Waals surface area contributed by atoms with Crippen LogP contribution in [0.25, 0.3) is 0 Å². The van der Waals surface area contributed by atoms with Gasteiger partial charge < -0.3 is 10.8 Å². The number of amides is 1. The molecule has 76 valence electrons. The number of aliphatic hydroxyl groups is 1. The van der Waals surface area contributed by atoms with Crippen LogP contribution >= 0.6 is 11.6 Å². The van der Waals surface area contributed by atoms with E-state index >= 15 is 0 Å². The number of primary amides is 1. The lowest BCUT2D eigenvalue weighted by Gasteiger charge is -2.16. The van der Waals surface area contributed by atoms with Crippen molar-refractivity contribution >= 4 is 17.5 Å². The standard InChI is InChI=1S/C10H12ClNO2/c1-6(10(12)14)9(13)7-4-2-3-5-8(7)11/h2-6,9,13H,1H3,(H2,12,14). The van der Waals surface area contributed by atoms with Crippen molar-refractivity contribution in [2.24, 2.45) is 11.7 Å². The third kappa shape index (κ3) is 2.25. The van der Waals surface area contributed by atoms with Crippen LogP contribution in [0, 0.1) is 5.92 Å². The van der Waals surface area contributed by atoms with E-state index < -0.39 is 17.9 Å². The number of hydrogen-bond donors (Lipinski definition) is 2. The molecule has 0 aliphatic heterocycles. The van der Waals surface area contributed by atoms with Gasteiger partial charge in [-0.05, 0) is 11.6 Å². The normalized spacial score (nSPS) is 14.8. The highest BCUT2D eigenvalue weighted by Gasteiger charge is 2.22. The van der Waals surface area contributed by atoms with E-state index in [1.807, 2.05) is 0 Å². The van der Waals surface area contributed by atoms with Crippen LogP contribution in [0.3, 0.4) is 0 Å². The molecule has 0 saturated heterocycles. The highest BCUT2D eigenvalue weighted by molar-refractivity contribution is 6.31. The van der Waals surface area contributed by atoms with E-state index in [0.29, 0.717) is 10.6 Å². The van der Waals surface area contributed by atoms with E-state index in [2.05, 4.69) is 0 Å². The molecule has 0 aliphatic rings.